The lowest BCUT2D eigenvalue weighted by Gasteiger charge is -2.32. The number of ether oxygens (including phenoxy) is 1. The zero-order chi connectivity index (χ0) is 14.7. The van der Waals surface area contributed by atoms with E-state index in [9.17, 15) is 4.79 Å². The van der Waals surface area contributed by atoms with Gasteiger partial charge in [0.1, 0.15) is 0 Å². The fourth-order valence-corrected chi connectivity index (χ4v) is 2.95. The summed E-state index contributed by atoms with van der Waals surface area (Å²) < 4.78 is 5.70. The molecule has 21 heavy (non-hydrogen) atoms. The topological polar surface area (TPSA) is 53.6 Å². The van der Waals surface area contributed by atoms with Gasteiger partial charge in [0.05, 0.1) is 12.7 Å². The highest BCUT2D eigenvalue weighted by molar-refractivity contribution is 5.95. The van der Waals surface area contributed by atoms with Gasteiger partial charge in [-0.05, 0) is 36.7 Å². The van der Waals surface area contributed by atoms with Gasteiger partial charge in [0.25, 0.3) is 5.91 Å². The average Bonchev–Trinajstić information content (AvgIpc) is 3.00. The maximum absolute atomic E-state index is 12.2. The van der Waals surface area contributed by atoms with E-state index >= 15 is 0 Å². The molecule has 0 bridgehead atoms. The molecule has 1 fully saturated rings. The number of amides is 1. The summed E-state index contributed by atoms with van der Waals surface area (Å²) >= 11 is 0. The van der Waals surface area contributed by atoms with Crippen LogP contribution in [0.2, 0.25) is 0 Å². The number of anilines is 1. The molecule has 0 saturated carbocycles. The highest BCUT2D eigenvalue weighted by atomic mass is 16.5. The first kappa shape index (κ1) is 14.4. The van der Waals surface area contributed by atoms with Crippen molar-refractivity contribution in [3.05, 3.63) is 29.3 Å². The Bertz CT molecular complexity index is 518. The van der Waals surface area contributed by atoms with Crippen LogP contribution in [0.15, 0.2) is 18.2 Å². The van der Waals surface area contributed by atoms with Crippen molar-refractivity contribution in [2.24, 2.45) is 0 Å². The Kier molecular flexibility index (Phi) is 4.41. The van der Waals surface area contributed by atoms with E-state index < -0.39 is 0 Å². The number of nitrogens with zero attached hydrogens (tertiary/aromatic N) is 1. The second kappa shape index (κ2) is 6.45. The molecule has 2 aliphatic heterocycles. The number of carbonyl (C=O) groups excluding carboxylic acids is 1. The zero-order valence-corrected chi connectivity index (χ0v) is 12.5. The molecular formula is C16H23N3O2. The van der Waals surface area contributed by atoms with Crippen molar-refractivity contribution in [3.8, 4) is 0 Å². The van der Waals surface area contributed by atoms with E-state index in [2.05, 4.69) is 22.5 Å². The van der Waals surface area contributed by atoms with Gasteiger partial charge < -0.3 is 15.4 Å². The Balaban J connectivity index is 1.54. The van der Waals surface area contributed by atoms with E-state index in [1.165, 1.54) is 5.56 Å². The summed E-state index contributed by atoms with van der Waals surface area (Å²) in [5.41, 5.74) is 3.12. The number of rotatable bonds is 4. The van der Waals surface area contributed by atoms with Crippen LogP contribution in [0.5, 0.6) is 0 Å². The molecule has 0 spiro atoms. The van der Waals surface area contributed by atoms with Crippen molar-refractivity contribution in [2.45, 2.75) is 19.4 Å². The predicted octanol–water partition coefficient (Wildman–Crippen LogP) is 1.11. The Labute approximate surface area is 125 Å². The van der Waals surface area contributed by atoms with E-state index in [4.69, 9.17) is 4.74 Å². The summed E-state index contributed by atoms with van der Waals surface area (Å²) in [4.78, 5) is 14.6. The number of fused-ring (bicyclic) bond motifs is 1. The summed E-state index contributed by atoms with van der Waals surface area (Å²) in [6, 6.07) is 5.87. The molecule has 2 heterocycles. The number of benzene rings is 1. The molecular weight excluding hydrogens is 266 g/mol. The largest absolute Gasteiger partial charge is 0.384 e. The third-order valence-electron chi connectivity index (χ3n) is 4.24. The Hall–Kier alpha value is -1.59. The molecule has 114 valence electrons. The Morgan fingerprint density at radius 3 is 3.29 bits per heavy atom. The lowest BCUT2D eigenvalue weighted by molar-refractivity contribution is -0.0246. The van der Waals surface area contributed by atoms with Crippen LogP contribution >= 0.6 is 0 Å². The van der Waals surface area contributed by atoms with Gasteiger partial charge >= 0.3 is 0 Å². The van der Waals surface area contributed by atoms with Gasteiger partial charge in [-0.15, -0.1) is 0 Å². The normalized spacial score (nSPS) is 21.7. The molecule has 1 aromatic carbocycles. The Morgan fingerprint density at radius 2 is 2.43 bits per heavy atom. The fourth-order valence-electron chi connectivity index (χ4n) is 2.95. The molecule has 1 atom stereocenters. The van der Waals surface area contributed by atoms with Crippen molar-refractivity contribution in [1.29, 1.82) is 0 Å². The van der Waals surface area contributed by atoms with Gasteiger partial charge in [-0.25, -0.2) is 0 Å². The minimum Gasteiger partial charge on any atom is -0.384 e. The van der Waals surface area contributed by atoms with Gasteiger partial charge in [-0.1, -0.05) is 6.92 Å². The van der Waals surface area contributed by atoms with Gasteiger partial charge in [-0.3, -0.25) is 9.69 Å². The third-order valence-corrected chi connectivity index (χ3v) is 4.24. The second-order valence-corrected chi connectivity index (χ2v) is 5.64. The maximum atomic E-state index is 12.2. The smallest absolute Gasteiger partial charge is 0.251 e. The minimum absolute atomic E-state index is 0.0121. The molecule has 2 N–H and O–H groups in total. The van der Waals surface area contributed by atoms with Crippen molar-refractivity contribution < 1.29 is 9.53 Å². The molecule has 0 aliphatic carbocycles. The van der Waals surface area contributed by atoms with Crippen molar-refractivity contribution in [1.82, 2.24) is 10.2 Å². The quantitative estimate of drug-likeness (QED) is 0.872. The zero-order valence-electron chi connectivity index (χ0n) is 12.5. The SMILES string of the molecule is CCN1CCOC(CNC(=O)c2ccc3c(c2)CCN3)C1. The molecule has 0 aromatic heterocycles. The summed E-state index contributed by atoms with van der Waals surface area (Å²) in [5, 5.41) is 6.30. The molecule has 1 amide bonds. The molecule has 1 unspecified atom stereocenters. The maximum Gasteiger partial charge on any atom is 0.251 e. The molecule has 5 heteroatoms. The van der Waals surface area contributed by atoms with Gasteiger partial charge in [0.15, 0.2) is 0 Å². The summed E-state index contributed by atoms with van der Waals surface area (Å²) in [7, 11) is 0. The second-order valence-electron chi connectivity index (χ2n) is 5.64. The highest BCUT2D eigenvalue weighted by Gasteiger charge is 2.20. The fraction of sp³-hybridized carbons (Fsp3) is 0.562. The third kappa shape index (κ3) is 3.36. The summed E-state index contributed by atoms with van der Waals surface area (Å²) in [5.74, 6) is -0.0121. The van der Waals surface area contributed by atoms with Crippen LogP contribution in [0.1, 0.15) is 22.8 Å². The number of hydrogen-bond acceptors (Lipinski definition) is 4. The number of morpholine rings is 1. The number of carbonyl (C=O) groups is 1. The van der Waals surface area contributed by atoms with E-state index in [0.29, 0.717) is 6.54 Å². The minimum atomic E-state index is -0.0121. The van der Waals surface area contributed by atoms with Gasteiger partial charge in [0.2, 0.25) is 0 Å². The van der Waals surface area contributed by atoms with Crippen molar-refractivity contribution in [2.75, 3.05) is 44.6 Å². The Morgan fingerprint density at radius 1 is 1.52 bits per heavy atom. The highest BCUT2D eigenvalue weighted by Crippen LogP contribution is 2.22. The molecule has 1 saturated heterocycles. The molecule has 2 aliphatic rings. The lowest BCUT2D eigenvalue weighted by Crippen LogP contribution is -2.47. The van der Waals surface area contributed by atoms with E-state index in [-0.39, 0.29) is 12.0 Å². The van der Waals surface area contributed by atoms with Gasteiger partial charge in [0, 0.05) is 37.4 Å². The first-order chi connectivity index (χ1) is 10.3. The number of hydrogen-bond donors (Lipinski definition) is 2. The van der Waals surface area contributed by atoms with Crippen LogP contribution in [0.25, 0.3) is 0 Å². The molecule has 5 nitrogen and oxygen atoms in total. The molecule has 3 rings (SSSR count). The van der Waals surface area contributed by atoms with Crippen LogP contribution in [-0.2, 0) is 11.2 Å². The van der Waals surface area contributed by atoms with E-state index in [0.717, 1.165) is 50.5 Å². The summed E-state index contributed by atoms with van der Waals surface area (Å²) in [6.07, 6.45) is 1.09. The van der Waals surface area contributed by atoms with Crippen LogP contribution in [-0.4, -0.2) is 56.2 Å². The first-order valence-electron chi connectivity index (χ1n) is 7.75. The lowest BCUT2D eigenvalue weighted by atomic mass is 10.1. The van der Waals surface area contributed by atoms with Crippen LogP contribution in [0.4, 0.5) is 5.69 Å². The van der Waals surface area contributed by atoms with Crippen LogP contribution in [0, 0.1) is 0 Å². The van der Waals surface area contributed by atoms with Crippen LogP contribution < -0.4 is 10.6 Å². The van der Waals surface area contributed by atoms with Crippen LogP contribution in [0.3, 0.4) is 0 Å². The number of nitrogens with one attached hydrogen (secondary N) is 2. The first-order valence-corrected chi connectivity index (χ1v) is 7.75. The molecule has 0 radical (unpaired) electrons. The van der Waals surface area contributed by atoms with Gasteiger partial charge in [-0.2, -0.15) is 0 Å². The van der Waals surface area contributed by atoms with Crippen molar-refractivity contribution in [3.63, 3.8) is 0 Å². The number of likely N-dealkylation sites (N-methyl/N-ethyl adjacent to an activating group) is 1. The van der Waals surface area contributed by atoms with E-state index in [1.54, 1.807) is 0 Å². The monoisotopic (exact) mass is 289 g/mol. The average molecular weight is 289 g/mol. The van der Waals surface area contributed by atoms with Crippen molar-refractivity contribution >= 4 is 11.6 Å². The van der Waals surface area contributed by atoms with E-state index in [1.807, 2.05) is 18.2 Å². The molecule has 1 aromatic rings. The summed E-state index contributed by atoms with van der Waals surface area (Å²) in [6.45, 7) is 7.35. The standard InChI is InChI=1S/C16H23N3O2/c1-2-19-7-8-21-14(11-19)10-18-16(20)13-3-4-15-12(9-13)5-6-17-15/h3-4,9,14,17H,2,5-8,10-11H2,1H3,(H,18,20). The predicted molar refractivity (Wildman–Crippen MR) is 82.8 cm³/mol.